The van der Waals surface area contributed by atoms with Crippen LogP contribution in [0.2, 0.25) is 0 Å². The van der Waals surface area contributed by atoms with Gasteiger partial charge in [-0.25, -0.2) is 4.98 Å². The molecule has 2 saturated heterocycles. The van der Waals surface area contributed by atoms with Gasteiger partial charge in [0.25, 0.3) is 5.91 Å². The number of amides is 2. The Morgan fingerprint density at radius 3 is 2.25 bits per heavy atom. The summed E-state index contributed by atoms with van der Waals surface area (Å²) in [7, 11) is 0. The van der Waals surface area contributed by atoms with Gasteiger partial charge in [0.1, 0.15) is 9.88 Å². The molecule has 2 amide bonds. The molecule has 2 aliphatic rings. The van der Waals surface area contributed by atoms with Gasteiger partial charge in [-0.05, 0) is 32.9 Å². The summed E-state index contributed by atoms with van der Waals surface area (Å²) in [6.07, 6.45) is 3.84. The van der Waals surface area contributed by atoms with Crippen LogP contribution in [0.25, 0.3) is 0 Å². The van der Waals surface area contributed by atoms with Crippen LogP contribution in [0.1, 0.15) is 46.6 Å². The van der Waals surface area contributed by atoms with Gasteiger partial charge in [0.15, 0.2) is 0 Å². The minimum Gasteiger partial charge on any atom is -0.339 e. The van der Waals surface area contributed by atoms with Crippen molar-refractivity contribution >= 4 is 23.2 Å². The molecule has 0 spiro atoms. The monoisotopic (exact) mass is 350 g/mol. The van der Waals surface area contributed by atoms with E-state index in [-0.39, 0.29) is 11.8 Å². The van der Waals surface area contributed by atoms with Crippen molar-refractivity contribution in [3.63, 3.8) is 0 Å². The molecule has 2 fully saturated rings. The summed E-state index contributed by atoms with van der Waals surface area (Å²) in [5.74, 6) is 0.151. The van der Waals surface area contributed by atoms with Crippen LogP contribution in [-0.4, -0.2) is 70.8 Å². The van der Waals surface area contributed by atoms with Crippen LogP contribution in [0.3, 0.4) is 0 Å². The van der Waals surface area contributed by atoms with Gasteiger partial charge in [-0.15, -0.1) is 11.3 Å². The molecule has 0 radical (unpaired) electrons. The standard InChI is InChI=1S/C17H26N4O2S/c1-13-16(17(23)21-10-8-20(9-11-21)14(2)22)24-15(18-13)12-19-6-4-3-5-7-19/h3-12H2,1-2H3. The second-order valence-electron chi connectivity index (χ2n) is 6.66. The summed E-state index contributed by atoms with van der Waals surface area (Å²) in [6, 6.07) is 0. The summed E-state index contributed by atoms with van der Waals surface area (Å²) in [5.41, 5.74) is 0.839. The smallest absolute Gasteiger partial charge is 0.265 e. The molecule has 0 bridgehead atoms. The van der Waals surface area contributed by atoms with Crippen molar-refractivity contribution in [1.29, 1.82) is 0 Å². The lowest BCUT2D eigenvalue weighted by molar-refractivity contribution is -0.130. The zero-order chi connectivity index (χ0) is 17.1. The van der Waals surface area contributed by atoms with Gasteiger partial charge in [0.2, 0.25) is 5.91 Å². The molecule has 6 nitrogen and oxygen atoms in total. The first-order valence-corrected chi connectivity index (χ1v) is 9.59. The highest BCUT2D eigenvalue weighted by Crippen LogP contribution is 2.23. The maximum absolute atomic E-state index is 12.8. The predicted molar refractivity (Wildman–Crippen MR) is 94.1 cm³/mol. The molecule has 3 heterocycles. The fourth-order valence-electron chi connectivity index (χ4n) is 3.40. The molecule has 0 aliphatic carbocycles. The van der Waals surface area contributed by atoms with Crippen LogP contribution < -0.4 is 0 Å². The number of hydrogen-bond acceptors (Lipinski definition) is 5. The van der Waals surface area contributed by atoms with E-state index >= 15 is 0 Å². The first-order valence-electron chi connectivity index (χ1n) is 8.78. The highest BCUT2D eigenvalue weighted by molar-refractivity contribution is 7.13. The number of piperazine rings is 1. The lowest BCUT2D eigenvalue weighted by atomic mass is 10.1. The summed E-state index contributed by atoms with van der Waals surface area (Å²) in [6.45, 7) is 9.10. The molecular weight excluding hydrogens is 324 g/mol. The first kappa shape index (κ1) is 17.4. The number of hydrogen-bond donors (Lipinski definition) is 0. The van der Waals surface area contributed by atoms with Gasteiger partial charge >= 0.3 is 0 Å². The lowest BCUT2D eigenvalue weighted by Crippen LogP contribution is -2.50. The SMILES string of the molecule is CC(=O)N1CCN(C(=O)c2sc(CN3CCCCC3)nc2C)CC1. The topological polar surface area (TPSA) is 56.8 Å². The molecule has 1 aromatic heterocycles. The Bertz CT molecular complexity index is 602. The van der Waals surface area contributed by atoms with Crippen LogP contribution in [0.4, 0.5) is 0 Å². The van der Waals surface area contributed by atoms with Crippen molar-refractivity contribution in [2.24, 2.45) is 0 Å². The number of rotatable bonds is 3. The molecule has 0 atom stereocenters. The maximum Gasteiger partial charge on any atom is 0.265 e. The number of thiazole rings is 1. The van der Waals surface area contributed by atoms with Crippen LogP contribution in [0.5, 0.6) is 0 Å². The van der Waals surface area contributed by atoms with Gasteiger partial charge in [0.05, 0.1) is 12.2 Å². The number of aromatic nitrogens is 1. The number of likely N-dealkylation sites (tertiary alicyclic amines) is 1. The van der Waals surface area contributed by atoms with E-state index in [2.05, 4.69) is 9.88 Å². The Labute approximate surface area is 147 Å². The van der Waals surface area contributed by atoms with Gasteiger partial charge in [-0.1, -0.05) is 6.42 Å². The Morgan fingerprint density at radius 1 is 1.00 bits per heavy atom. The Balaban J connectivity index is 1.62. The summed E-state index contributed by atoms with van der Waals surface area (Å²) in [4.78, 5) is 35.7. The number of carbonyl (C=O) groups is 2. The predicted octanol–water partition coefficient (Wildman–Crippen LogP) is 1.74. The van der Waals surface area contributed by atoms with Crippen LogP contribution >= 0.6 is 11.3 Å². The van der Waals surface area contributed by atoms with Gasteiger partial charge in [-0.3, -0.25) is 14.5 Å². The van der Waals surface area contributed by atoms with Gasteiger partial charge in [0, 0.05) is 33.1 Å². The number of carbonyl (C=O) groups excluding carboxylic acids is 2. The van der Waals surface area contributed by atoms with Crippen molar-refractivity contribution in [2.45, 2.75) is 39.7 Å². The molecule has 0 N–H and O–H groups in total. The number of piperidine rings is 1. The average molecular weight is 350 g/mol. The fraction of sp³-hybridized carbons (Fsp3) is 0.706. The molecule has 0 saturated carbocycles. The molecule has 24 heavy (non-hydrogen) atoms. The van der Waals surface area contributed by atoms with Crippen molar-refractivity contribution in [2.75, 3.05) is 39.3 Å². The number of nitrogens with zero attached hydrogens (tertiary/aromatic N) is 4. The highest BCUT2D eigenvalue weighted by Gasteiger charge is 2.26. The Morgan fingerprint density at radius 2 is 1.62 bits per heavy atom. The van der Waals surface area contributed by atoms with Crippen LogP contribution in [-0.2, 0) is 11.3 Å². The van der Waals surface area contributed by atoms with Crippen molar-refractivity contribution < 1.29 is 9.59 Å². The molecular formula is C17H26N4O2S. The van der Waals surface area contributed by atoms with Crippen LogP contribution in [0.15, 0.2) is 0 Å². The van der Waals surface area contributed by atoms with Gasteiger partial charge < -0.3 is 9.80 Å². The van der Waals surface area contributed by atoms with Crippen molar-refractivity contribution in [1.82, 2.24) is 19.7 Å². The minimum absolute atomic E-state index is 0.0677. The Hall–Kier alpha value is -1.47. The maximum atomic E-state index is 12.8. The molecule has 7 heteroatoms. The second-order valence-corrected chi connectivity index (χ2v) is 7.74. The van der Waals surface area contributed by atoms with E-state index in [4.69, 9.17) is 0 Å². The molecule has 0 aromatic carbocycles. The van der Waals surface area contributed by atoms with E-state index in [0.717, 1.165) is 35.2 Å². The molecule has 0 unspecified atom stereocenters. The Kier molecular flexibility index (Phi) is 5.50. The normalized spacial score (nSPS) is 19.6. The van der Waals surface area contributed by atoms with E-state index in [1.807, 2.05) is 11.8 Å². The van der Waals surface area contributed by atoms with Crippen LogP contribution in [0, 0.1) is 6.92 Å². The van der Waals surface area contributed by atoms with E-state index in [1.54, 1.807) is 11.8 Å². The fourth-order valence-corrected chi connectivity index (χ4v) is 4.47. The van der Waals surface area contributed by atoms with E-state index < -0.39 is 0 Å². The number of aryl methyl sites for hydroxylation is 1. The lowest BCUT2D eigenvalue weighted by Gasteiger charge is -2.34. The molecule has 3 rings (SSSR count). The molecule has 1 aromatic rings. The van der Waals surface area contributed by atoms with Gasteiger partial charge in [-0.2, -0.15) is 0 Å². The molecule has 2 aliphatic heterocycles. The van der Waals surface area contributed by atoms with Crippen molar-refractivity contribution in [3.05, 3.63) is 15.6 Å². The third kappa shape index (κ3) is 3.95. The first-order chi connectivity index (χ1) is 11.5. The zero-order valence-electron chi connectivity index (χ0n) is 14.6. The quantitative estimate of drug-likeness (QED) is 0.833. The third-order valence-corrected chi connectivity index (χ3v) is 5.99. The summed E-state index contributed by atoms with van der Waals surface area (Å²) < 4.78 is 0. The highest BCUT2D eigenvalue weighted by atomic mass is 32.1. The summed E-state index contributed by atoms with van der Waals surface area (Å²) >= 11 is 1.54. The second kappa shape index (κ2) is 7.61. The zero-order valence-corrected chi connectivity index (χ0v) is 15.4. The van der Waals surface area contributed by atoms with Crippen molar-refractivity contribution in [3.8, 4) is 0 Å². The molecule has 132 valence electrons. The van der Waals surface area contributed by atoms with E-state index in [0.29, 0.717) is 26.2 Å². The van der Waals surface area contributed by atoms with E-state index in [9.17, 15) is 9.59 Å². The summed E-state index contributed by atoms with van der Waals surface area (Å²) in [5, 5.41) is 1.04. The van der Waals surface area contributed by atoms with E-state index in [1.165, 1.54) is 30.6 Å². The average Bonchev–Trinajstić information content (AvgIpc) is 2.95. The minimum atomic E-state index is 0.0677. The third-order valence-electron chi connectivity index (χ3n) is 4.85. The largest absolute Gasteiger partial charge is 0.339 e.